The fourth-order valence-corrected chi connectivity index (χ4v) is 3.62. The van der Waals surface area contributed by atoms with Crippen LogP contribution in [0.3, 0.4) is 0 Å². The molecule has 0 aliphatic carbocycles. The smallest absolute Gasteiger partial charge is 0.333 e. The highest BCUT2D eigenvalue weighted by Crippen LogP contribution is 2.33. The highest BCUT2D eigenvalue weighted by atomic mass is 16.5. The molecule has 0 radical (unpaired) electrons. The van der Waals surface area contributed by atoms with Crippen LogP contribution in [0.15, 0.2) is 78.9 Å². The molecule has 1 N–H and O–H groups in total. The van der Waals surface area contributed by atoms with Gasteiger partial charge in [0.1, 0.15) is 12.4 Å². The number of esters is 1. The maximum atomic E-state index is 11.6. The van der Waals surface area contributed by atoms with E-state index in [1.54, 1.807) is 6.92 Å². The topological polar surface area (TPSA) is 55.8 Å². The molecule has 0 aliphatic heterocycles. The molecule has 0 aliphatic rings. The number of hydrogen-bond donors (Lipinski definition) is 1. The summed E-state index contributed by atoms with van der Waals surface area (Å²) in [6.45, 7) is 7.93. The van der Waals surface area contributed by atoms with Crippen LogP contribution < -0.4 is 4.74 Å². The summed E-state index contributed by atoms with van der Waals surface area (Å²) in [5.74, 6) is 0.355. The van der Waals surface area contributed by atoms with Crippen molar-refractivity contribution >= 4 is 5.97 Å². The lowest BCUT2D eigenvalue weighted by Crippen LogP contribution is -2.07. The van der Waals surface area contributed by atoms with E-state index in [1.165, 1.54) is 16.7 Å². The van der Waals surface area contributed by atoms with E-state index in [2.05, 4.69) is 49.9 Å². The number of carbonyl (C=O) groups excluding carboxylic acids is 1. The highest BCUT2D eigenvalue weighted by Gasteiger charge is 2.12. The van der Waals surface area contributed by atoms with E-state index in [1.807, 2.05) is 30.3 Å². The Hall–Kier alpha value is -3.37. The fraction of sp³-hybridized carbons (Fsp3) is 0.250. The van der Waals surface area contributed by atoms with Gasteiger partial charge < -0.3 is 14.6 Å². The molecule has 3 aromatic carbocycles. The Labute approximate surface area is 190 Å². The first kappa shape index (κ1) is 23.3. The molecule has 0 aromatic heterocycles. The minimum Gasteiger partial charge on any atom is -0.491 e. The number of aliphatic hydroxyl groups is 1. The van der Waals surface area contributed by atoms with E-state index in [-0.39, 0.29) is 19.2 Å². The summed E-state index contributed by atoms with van der Waals surface area (Å²) < 4.78 is 10.9. The summed E-state index contributed by atoms with van der Waals surface area (Å²) in [4.78, 5) is 11.6. The second-order valence-electron chi connectivity index (χ2n) is 7.81. The van der Waals surface area contributed by atoms with Gasteiger partial charge in [0.15, 0.2) is 0 Å². The summed E-state index contributed by atoms with van der Waals surface area (Å²) in [5, 5.41) is 9.08. The van der Waals surface area contributed by atoms with Gasteiger partial charge in [-0.15, -0.1) is 0 Å². The minimum absolute atomic E-state index is 0.0337. The number of aliphatic hydroxyl groups excluding tert-OH is 1. The summed E-state index contributed by atoms with van der Waals surface area (Å²) in [6, 6.07) is 22.8. The van der Waals surface area contributed by atoms with Crippen molar-refractivity contribution in [1.29, 1.82) is 0 Å². The van der Waals surface area contributed by atoms with E-state index in [0.717, 1.165) is 28.9 Å². The molecule has 0 fully saturated rings. The molecule has 3 rings (SSSR count). The number of hydrogen-bond acceptors (Lipinski definition) is 4. The molecule has 0 atom stereocenters. The van der Waals surface area contributed by atoms with Crippen LogP contribution in [0.25, 0.3) is 22.3 Å². The van der Waals surface area contributed by atoms with Crippen molar-refractivity contribution < 1.29 is 19.4 Å². The van der Waals surface area contributed by atoms with Gasteiger partial charge in [-0.25, -0.2) is 4.79 Å². The van der Waals surface area contributed by atoms with Crippen molar-refractivity contribution in [1.82, 2.24) is 0 Å². The van der Waals surface area contributed by atoms with Crippen LogP contribution in [-0.4, -0.2) is 30.9 Å². The quantitative estimate of drug-likeness (QED) is 0.253. The standard InChI is InChI=1S/C28H30O4/c1-20(2)28(30)32-16-7-10-24-19-25(31-17-15-29)12-14-27(24)26-13-11-23(18-21(26)3)22-8-5-4-6-9-22/h4-6,8-9,11-14,18-19,29H,1,7,10,15-17H2,2-3H3. The SMILES string of the molecule is C=C(C)C(=O)OCCCc1cc(OCCO)ccc1-c1ccc(-c2ccccc2)cc1C. The van der Waals surface area contributed by atoms with Crippen molar-refractivity contribution in [2.45, 2.75) is 26.7 Å². The molecule has 32 heavy (non-hydrogen) atoms. The van der Waals surface area contributed by atoms with Gasteiger partial charge in [-0.1, -0.05) is 61.2 Å². The third kappa shape index (κ3) is 6.08. The average Bonchev–Trinajstić information content (AvgIpc) is 2.81. The van der Waals surface area contributed by atoms with Gasteiger partial charge in [-0.05, 0) is 72.2 Å². The van der Waals surface area contributed by atoms with E-state index < -0.39 is 0 Å². The van der Waals surface area contributed by atoms with Crippen LogP contribution in [-0.2, 0) is 16.0 Å². The van der Waals surface area contributed by atoms with E-state index in [4.69, 9.17) is 14.6 Å². The molecular formula is C28H30O4. The maximum Gasteiger partial charge on any atom is 0.333 e. The molecule has 4 heteroatoms. The van der Waals surface area contributed by atoms with Gasteiger partial charge in [0.05, 0.1) is 13.2 Å². The average molecular weight is 431 g/mol. The molecule has 0 saturated carbocycles. The Balaban J connectivity index is 1.85. The number of rotatable bonds is 10. The predicted octanol–water partition coefficient (Wildman–Crippen LogP) is 5.75. The zero-order chi connectivity index (χ0) is 22.9. The molecule has 4 nitrogen and oxygen atoms in total. The predicted molar refractivity (Wildman–Crippen MR) is 129 cm³/mol. The second kappa shape index (κ2) is 11.3. The van der Waals surface area contributed by atoms with Gasteiger partial charge in [0.2, 0.25) is 0 Å². The highest BCUT2D eigenvalue weighted by molar-refractivity contribution is 5.86. The molecular weight excluding hydrogens is 400 g/mol. The summed E-state index contributed by atoms with van der Waals surface area (Å²) in [5.41, 5.74) is 7.36. The third-order valence-electron chi connectivity index (χ3n) is 5.23. The third-order valence-corrected chi connectivity index (χ3v) is 5.23. The molecule has 0 heterocycles. The lowest BCUT2D eigenvalue weighted by atomic mass is 9.91. The van der Waals surface area contributed by atoms with Gasteiger partial charge in [0, 0.05) is 5.57 Å². The van der Waals surface area contributed by atoms with Gasteiger partial charge >= 0.3 is 5.97 Å². The fourth-order valence-electron chi connectivity index (χ4n) is 3.62. The Morgan fingerprint density at radius 3 is 2.38 bits per heavy atom. The zero-order valence-corrected chi connectivity index (χ0v) is 18.8. The van der Waals surface area contributed by atoms with Gasteiger partial charge in [0.25, 0.3) is 0 Å². The maximum absolute atomic E-state index is 11.6. The largest absolute Gasteiger partial charge is 0.491 e. The van der Waals surface area contributed by atoms with Crippen molar-refractivity contribution in [2.24, 2.45) is 0 Å². The Morgan fingerprint density at radius 2 is 1.69 bits per heavy atom. The van der Waals surface area contributed by atoms with Crippen LogP contribution >= 0.6 is 0 Å². The summed E-state index contributed by atoms with van der Waals surface area (Å²) in [7, 11) is 0. The Kier molecular flexibility index (Phi) is 8.23. The first-order chi connectivity index (χ1) is 15.5. The molecule has 0 unspecified atom stereocenters. The van der Waals surface area contributed by atoms with Crippen LogP contribution in [0.2, 0.25) is 0 Å². The molecule has 166 valence electrons. The van der Waals surface area contributed by atoms with Gasteiger partial charge in [-0.3, -0.25) is 0 Å². The first-order valence-electron chi connectivity index (χ1n) is 10.8. The van der Waals surface area contributed by atoms with Crippen molar-refractivity contribution in [3.63, 3.8) is 0 Å². The van der Waals surface area contributed by atoms with Crippen molar-refractivity contribution in [3.05, 3.63) is 90.0 Å². The van der Waals surface area contributed by atoms with Crippen LogP contribution in [0.5, 0.6) is 5.75 Å². The lowest BCUT2D eigenvalue weighted by Gasteiger charge is -2.16. The molecule has 0 amide bonds. The van der Waals surface area contributed by atoms with Crippen molar-refractivity contribution in [2.75, 3.05) is 19.8 Å². The second-order valence-corrected chi connectivity index (χ2v) is 7.81. The zero-order valence-electron chi connectivity index (χ0n) is 18.8. The monoisotopic (exact) mass is 430 g/mol. The van der Waals surface area contributed by atoms with E-state index in [9.17, 15) is 4.79 Å². The van der Waals surface area contributed by atoms with E-state index in [0.29, 0.717) is 18.6 Å². The van der Waals surface area contributed by atoms with Gasteiger partial charge in [-0.2, -0.15) is 0 Å². The molecule has 3 aromatic rings. The van der Waals surface area contributed by atoms with Crippen molar-refractivity contribution in [3.8, 4) is 28.0 Å². The summed E-state index contributed by atoms with van der Waals surface area (Å²) >= 11 is 0. The molecule has 0 spiro atoms. The first-order valence-corrected chi connectivity index (χ1v) is 10.8. The number of aryl methyl sites for hydroxylation is 2. The number of ether oxygens (including phenoxy) is 2. The summed E-state index contributed by atoms with van der Waals surface area (Å²) in [6.07, 6.45) is 1.42. The molecule has 0 bridgehead atoms. The number of carbonyl (C=O) groups is 1. The number of benzene rings is 3. The Morgan fingerprint density at radius 1 is 0.938 bits per heavy atom. The van der Waals surface area contributed by atoms with Crippen LogP contribution in [0.1, 0.15) is 24.5 Å². The molecule has 0 saturated heterocycles. The normalized spacial score (nSPS) is 10.6. The Bertz CT molecular complexity index is 1070. The van der Waals surface area contributed by atoms with Crippen LogP contribution in [0.4, 0.5) is 0 Å². The minimum atomic E-state index is -0.363. The van der Waals surface area contributed by atoms with Crippen LogP contribution in [0, 0.1) is 6.92 Å². The van der Waals surface area contributed by atoms with E-state index >= 15 is 0 Å². The lowest BCUT2D eigenvalue weighted by molar-refractivity contribution is -0.139.